The molecule has 232 valence electrons. The standard InChI is InChI=1S/C29H34Br2N4O6S2/c1-28(2)22-16-20(30)18-34(12-8-14-42(36,37)38)26(22)32-24(28)10-6-5-7-11-25-29(3,4)23-17-21(31)19-35(27(23)33-25)13-9-15-43(39,40)41/h5-7,10-11,16-19H,8-9,12-15H2,1-4H3,(H-,36,37,38,39,40,41). The minimum atomic E-state index is -4.28. The maximum Gasteiger partial charge on any atom is 0.327 e. The second-order valence-corrected chi connectivity index (χ2v) is 16.5. The molecule has 0 aliphatic carbocycles. The number of hydrogen-bond acceptors (Lipinski definition) is 8. The van der Waals surface area contributed by atoms with Crippen molar-refractivity contribution in [1.82, 2.24) is 0 Å². The van der Waals surface area contributed by atoms with Gasteiger partial charge in [-0.2, -0.15) is 0 Å². The van der Waals surface area contributed by atoms with Gasteiger partial charge in [0, 0.05) is 11.5 Å². The summed E-state index contributed by atoms with van der Waals surface area (Å²) in [6, 6.07) is 4.05. The Hall–Kier alpha value is -2.23. The molecule has 0 aromatic carbocycles. The molecule has 0 atom stereocenters. The monoisotopic (exact) mass is 756 g/mol. The lowest BCUT2D eigenvalue weighted by molar-refractivity contribution is -0.684. The van der Waals surface area contributed by atoms with Gasteiger partial charge >= 0.3 is 5.82 Å². The van der Waals surface area contributed by atoms with E-state index in [-0.39, 0.29) is 18.3 Å². The van der Waals surface area contributed by atoms with E-state index >= 15 is 0 Å². The number of nitrogens with one attached hydrogen (secondary N) is 1. The molecule has 2 aliphatic heterocycles. The van der Waals surface area contributed by atoms with Gasteiger partial charge in [0.2, 0.25) is 0 Å². The minimum absolute atomic E-state index is 0.200. The van der Waals surface area contributed by atoms with Gasteiger partial charge in [0.05, 0.1) is 64.2 Å². The van der Waals surface area contributed by atoms with Gasteiger partial charge in [-0.3, -0.25) is 0 Å². The lowest BCUT2D eigenvalue weighted by Gasteiger charge is -2.17. The summed E-state index contributed by atoms with van der Waals surface area (Å²) in [5, 5.41) is 3.47. The molecule has 0 saturated carbocycles. The molecule has 0 amide bonds. The van der Waals surface area contributed by atoms with Crippen LogP contribution in [-0.4, -0.2) is 43.2 Å². The van der Waals surface area contributed by atoms with Crippen molar-refractivity contribution in [3.8, 4) is 0 Å². The van der Waals surface area contributed by atoms with E-state index in [1.54, 1.807) is 0 Å². The SMILES string of the molecule is CC1(C)C(/C=C/C=C/C=C2/Nc3c(cc(Br)c[n+]3CCCS(=O)(=O)[O-])C2(C)C)=Nc2c1cc(Br)c[n+]2CCCS(=O)(=O)[O-]. The van der Waals surface area contributed by atoms with Crippen LogP contribution in [0.25, 0.3) is 0 Å². The lowest BCUT2D eigenvalue weighted by atomic mass is 9.82. The van der Waals surface area contributed by atoms with Crippen LogP contribution in [0.5, 0.6) is 0 Å². The molecule has 4 heterocycles. The molecular formula is C29H34Br2N4O6S2. The van der Waals surface area contributed by atoms with E-state index in [2.05, 4.69) is 64.9 Å². The Morgan fingerprint density at radius 1 is 0.837 bits per heavy atom. The molecule has 1 N–H and O–H groups in total. The van der Waals surface area contributed by atoms with E-state index in [1.165, 1.54) is 0 Å². The van der Waals surface area contributed by atoms with E-state index in [0.717, 1.165) is 43.1 Å². The summed E-state index contributed by atoms with van der Waals surface area (Å²) in [5.74, 6) is 0.753. The highest BCUT2D eigenvalue weighted by molar-refractivity contribution is 9.10. The van der Waals surface area contributed by atoms with E-state index < -0.39 is 37.2 Å². The third-order valence-electron chi connectivity index (χ3n) is 7.64. The Kier molecular flexibility index (Phi) is 9.89. The summed E-state index contributed by atoms with van der Waals surface area (Å²) in [6.07, 6.45) is 13.9. The molecule has 4 rings (SSSR count). The van der Waals surface area contributed by atoms with Crippen LogP contribution in [0.3, 0.4) is 0 Å². The third kappa shape index (κ3) is 8.08. The van der Waals surface area contributed by atoms with Crippen molar-refractivity contribution in [2.24, 2.45) is 4.99 Å². The molecule has 0 unspecified atom stereocenters. The van der Waals surface area contributed by atoms with Gasteiger partial charge in [0.1, 0.15) is 18.1 Å². The number of allylic oxidation sites excluding steroid dienone is 6. The molecular weight excluding hydrogens is 724 g/mol. The minimum Gasteiger partial charge on any atom is -0.748 e. The number of aromatic nitrogens is 2. The van der Waals surface area contributed by atoms with Crippen LogP contribution in [-0.2, 0) is 44.2 Å². The van der Waals surface area contributed by atoms with Crippen LogP contribution in [0, 0.1) is 0 Å². The van der Waals surface area contributed by atoms with Gasteiger partial charge in [-0.25, -0.2) is 31.3 Å². The highest BCUT2D eigenvalue weighted by Crippen LogP contribution is 2.42. The number of pyridine rings is 2. The van der Waals surface area contributed by atoms with Crippen molar-refractivity contribution in [2.45, 2.75) is 64.5 Å². The number of fused-ring (bicyclic) bond motifs is 2. The van der Waals surface area contributed by atoms with Gasteiger partial charge < -0.3 is 9.11 Å². The van der Waals surface area contributed by atoms with Crippen LogP contribution < -0.4 is 14.5 Å². The Balaban J connectivity index is 1.51. The zero-order valence-corrected chi connectivity index (χ0v) is 29.1. The van der Waals surface area contributed by atoms with Crippen molar-refractivity contribution in [3.05, 3.63) is 80.7 Å². The van der Waals surface area contributed by atoms with E-state index in [9.17, 15) is 25.9 Å². The molecule has 43 heavy (non-hydrogen) atoms. The molecule has 0 bridgehead atoms. The van der Waals surface area contributed by atoms with Gasteiger partial charge in [0.25, 0.3) is 5.82 Å². The van der Waals surface area contributed by atoms with Crippen LogP contribution >= 0.6 is 31.9 Å². The number of rotatable bonds is 11. The predicted octanol–water partition coefficient (Wildman–Crippen LogP) is 4.42. The summed E-state index contributed by atoms with van der Waals surface area (Å²) < 4.78 is 71.9. The maximum absolute atomic E-state index is 11.1. The zero-order chi connectivity index (χ0) is 31.8. The average molecular weight is 759 g/mol. The number of halogens is 2. The molecule has 2 aromatic rings. The average Bonchev–Trinajstić information content (AvgIpc) is 3.26. The van der Waals surface area contributed by atoms with Crippen molar-refractivity contribution < 1.29 is 35.1 Å². The van der Waals surface area contributed by atoms with E-state index in [1.807, 2.05) is 64.0 Å². The Morgan fingerprint density at radius 3 is 2.00 bits per heavy atom. The summed E-state index contributed by atoms with van der Waals surface area (Å²) in [7, 11) is -8.56. The molecule has 10 nitrogen and oxygen atoms in total. The van der Waals surface area contributed by atoms with Crippen molar-refractivity contribution in [1.29, 1.82) is 0 Å². The van der Waals surface area contributed by atoms with Gasteiger partial charge in [0.15, 0.2) is 5.71 Å². The molecule has 0 fully saturated rings. The van der Waals surface area contributed by atoms with Gasteiger partial charge in [-0.1, -0.05) is 18.2 Å². The number of anilines is 1. The number of nitrogens with zero attached hydrogens (tertiary/aromatic N) is 3. The fourth-order valence-electron chi connectivity index (χ4n) is 5.27. The molecule has 2 aromatic heterocycles. The summed E-state index contributed by atoms with van der Waals surface area (Å²) in [5.41, 5.74) is 3.13. The lowest BCUT2D eigenvalue weighted by Crippen LogP contribution is -2.37. The van der Waals surface area contributed by atoms with Crippen LogP contribution in [0.2, 0.25) is 0 Å². The van der Waals surface area contributed by atoms with E-state index in [0.29, 0.717) is 13.1 Å². The fourth-order valence-corrected chi connectivity index (χ4v) is 7.18. The largest absolute Gasteiger partial charge is 0.748 e. The van der Waals surface area contributed by atoms with Crippen LogP contribution in [0.4, 0.5) is 11.6 Å². The first-order chi connectivity index (χ1) is 19.9. The van der Waals surface area contributed by atoms with Gasteiger partial charge in [-0.05, 0) is 102 Å². The topological polar surface area (TPSA) is 147 Å². The van der Waals surface area contributed by atoms with Crippen molar-refractivity contribution in [3.63, 3.8) is 0 Å². The van der Waals surface area contributed by atoms with E-state index in [4.69, 9.17) is 4.99 Å². The number of aliphatic imine (C=N–C) groups is 1. The quantitative estimate of drug-likeness (QED) is 0.203. The van der Waals surface area contributed by atoms with Crippen LogP contribution in [0.15, 0.2) is 74.5 Å². The summed E-state index contributed by atoms with van der Waals surface area (Å²) in [4.78, 5) is 4.86. The summed E-state index contributed by atoms with van der Waals surface area (Å²) >= 11 is 7.09. The second kappa shape index (κ2) is 12.6. The zero-order valence-electron chi connectivity index (χ0n) is 24.3. The number of hydrogen-bond donors (Lipinski definition) is 1. The van der Waals surface area contributed by atoms with Crippen LogP contribution in [0.1, 0.15) is 51.7 Å². The molecule has 14 heteroatoms. The molecule has 0 radical (unpaired) electrons. The highest BCUT2D eigenvalue weighted by Gasteiger charge is 2.43. The first-order valence-corrected chi connectivity index (χ1v) is 18.4. The molecule has 2 aliphatic rings. The first kappa shape index (κ1) is 33.7. The molecule has 0 saturated heterocycles. The smallest absolute Gasteiger partial charge is 0.327 e. The highest BCUT2D eigenvalue weighted by atomic mass is 79.9. The Morgan fingerprint density at radius 2 is 1.40 bits per heavy atom. The normalized spacial score (nSPS) is 18.3. The second-order valence-electron chi connectivity index (χ2n) is 11.6. The molecule has 0 spiro atoms. The first-order valence-electron chi connectivity index (χ1n) is 13.6. The fraction of sp³-hybridized carbons (Fsp3) is 0.414. The third-order valence-corrected chi connectivity index (χ3v) is 10.1. The maximum atomic E-state index is 11.1. The van der Waals surface area contributed by atoms with Crippen molar-refractivity contribution >= 4 is 69.4 Å². The van der Waals surface area contributed by atoms with Crippen molar-refractivity contribution in [2.75, 3.05) is 16.8 Å². The Labute approximate surface area is 270 Å². The summed E-state index contributed by atoms with van der Waals surface area (Å²) in [6.45, 7) is 9.10. The Bertz CT molecular complexity index is 1780. The predicted molar refractivity (Wildman–Crippen MR) is 170 cm³/mol. The number of aryl methyl sites for hydroxylation is 2. The van der Waals surface area contributed by atoms with Gasteiger partial charge in [-0.15, -0.1) is 0 Å².